The monoisotopic (exact) mass is 1340 g/mol. The third-order valence-electron chi connectivity index (χ3n) is 20.3. The topological polar surface area (TPSA) is 131 Å². The molecule has 0 radical (unpaired) electrons. The van der Waals surface area contributed by atoms with E-state index in [0.717, 1.165) is 87.6 Å². The van der Waals surface area contributed by atoms with E-state index in [1.54, 1.807) is 0 Å². The lowest BCUT2D eigenvalue weighted by atomic mass is 9.87. The Morgan fingerprint density at radius 3 is 0.725 bits per heavy atom. The van der Waals surface area contributed by atoms with E-state index in [-0.39, 0.29) is 35.5 Å². The normalized spacial score (nSPS) is 11.9. The number of pyridine rings is 3. The Balaban J connectivity index is 0.768. The number of rotatable bonds is 24. The first kappa shape index (κ1) is 69.9. The molecule has 12 nitrogen and oxygen atoms in total. The van der Waals surface area contributed by atoms with Gasteiger partial charge in [-0.25, -0.2) is 29.9 Å². The molecule has 12 heteroatoms. The molecule has 0 unspecified atom stereocenters. The van der Waals surface area contributed by atoms with Crippen LogP contribution in [-0.2, 0) is 38.5 Å². The van der Waals surface area contributed by atoms with Crippen LogP contribution in [0.1, 0.15) is 203 Å². The molecule has 0 saturated heterocycles. The van der Waals surface area contributed by atoms with Crippen LogP contribution in [0, 0.1) is 20.8 Å². The van der Waals surface area contributed by atoms with Crippen LogP contribution in [0.25, 0.3) is 84.6 Å². The molecule has 0 aliphatic rings. The molecule has 102 heavy (non-hydrogen) atoms. The van der Waals surface area contributed by atoms with Gasteiger partial charge in [0.25, 0.3) is 0 Å². The van der Waals surface area contributed by atoms with Gasteiger partial charge in [-0.1, -0.05) is 156 Å². The molecule has 0 N–H and O–H groups in total. The van der Waals surface area contributed by atoms with Crippen LogP contribution in [0.3, 0.4) is 0 Å². The second kappa shape index (κ2) is 30.3. The molecule has 0 fully saturated rings. The lowest BCUT2D eigenvalue weighted by molar-refractivity contribution is 0.721. The minimum absolute atomic E-state index is 0.276. The van der Waals surface area contributed by atoms with Gasteiger partial charge in [-0.2, -0.15) is 0 Å². The summed E-state index contributed by atoms with van der Waals surface area (Å²) in [6.45, 7) is 33.9. The molecule has 7 heterocycles. The smallest absolute Gasteiger partial charge is 0.144 e. The van der Waals surface area contributed by atoms with Crippen molar-refractivity contribution in [1.29, 1.82) is 0 Å². The van der Waals surface area contributed by atoms with Crippen molar-refractivity contribution in [2.45, 2.75) is 178 Å². The summed E-state index contributed by atoms with van der Waals surface area (Å²) in [7, 11) is 0. The highest BCUT2D eigenvalue weighted by Gasteiger charge is 2.26. The van der Waals surface area contributed by atoms with Gasteiger partial charge in [0.15, 0.2) is 0 Å². The maximum atomic E-state index is 5.24. The van der Waals surface area contributed by atoms with Gasteiger partial charge in [-0.3, -0.25) is 28.7 Å². The van der Waals surface area contributed by atoms with E-state index in [9.17, 15) is 0 Å². The van der Waals surface area contributed by atoms with Gasteiger partial charge in [0.2, 0.25) is 0 Å². The summed E-state index contributed by atoms with van der Waals surface area (Å²) in [5.41, 5.74) is 28.9. The first-order chi connectivity index (χ1) is 49.3. The van der Waals surface area contributed by atoms with E-state index < -0.39 is 0 Å². The fourth-order valence-electron chi connectivity index (χ4n) is 14.5. The molecule has 0 bridgehead atoms. The molecule has 0 atom stereocenters. The summed E-state index contributed by atoms with van der Waals surface area (Å²) in [4.78, 5) is 44.3. The minimum atomic E-state index is 0.276. The van der Waals surface area contributed by atoms with Crippen molar-refractivity contribution in [3.05, 3.63) is 286 Å². The van der Waals surface area contributed by atoms with Crippen molar-refractivity contribution in [2.75, 3.05) is 0 Å². The van der Waals surface area contributed by atoms with Crippen LogP contribution in [0.5, 0.6) is 0 Å². The Labute approximate surface area is 603 Å². The standard InChI is InChI=1S/C90H96N12/c1-55(2)73-46-70(79-52-91-37-34-61(79)13)47-74(56(3)4)85(73)100-43-40-94-88(100)67-25-16-64(17-26-67)22-31-82-97-83(32-23-65-18-27-68(28-19-65)89-95-41-44-101(89)86-75(57(5)6)48-71(49-76(86)58(7)8)80-53-92-38-35-62(80)14)99-84(98-82)33-24-66-20-29-69(30-21-66)90-96-42-45-102(90)87-77(59(9)10)50-72(51-78(87)60(11)12)81-54-93-39-36-63(81)15/h16-21,25-30,34-60H,22-24,31-33H2,1-15H3. The molecule has 0 aliphatic carbocycles. The Kier molecular flexibility index (Phi) is 20.8. The second-order valence-corrected chi connectivity index (χ2v) is 29.5. The molecule has 13 rings (SSSR count). The van der Waals surface area contributed by atoms with Crippen LogP contribution in [0.15, 0.2) is 202 Å². The predicted molar refractivity (Wildman–Crippen MR) is 417 cm³/mol. The van der Waals surface area contributed by atoms with Crippen molar-refractivity contribution >= 4 is 0 Å². The second-order valence-electron chi connectivity index (χ2n) is 29.5. The van der Waals surface area contributed by atoms with Gasteiger partial charge in [-0.05, 0) is 214 Å². The van der Waals surface area contributed by atoms with Crippen molar-refractivity contribution in [3.8, 4) is 84.6 Å². The number of hydrogen-bond acceptors (Lipinski definition) is 9. The van der Waals surface area contributed by atoms with Crippen LogP contribution in [-0.4, -0.2) is 58.6 Å². The van der Waals surface area contributed by atoms with Crippen LogP contribution in [0.4, 0.5) is 0 Å². The van der Waals surface area contributed by atoms with Gasteiger partial charge in [-0.15, -0.1) is 0 Å². The molecule has 0 saturated carbocycles. The molecule has 516 valence electrons. The molecule has 6 aromatic carbocycles. The highest BCUT2D eigenvalue weighted by molar-refractivity contribution is 5.76. The highest BCUT2D eigenvalue weighted by Crippen LogP contribution is 2.43. The molecular weight excluding hydrogens is 1250 g/mol. The Bertz CT molecular complexity index is 4490. The number of hydrogen-bond donors (Lipinski definition) is 0. The van der Waals surface area contributed by atoms with Gasteiger partial charge >= 0.3 is 0 Å². The molecule has 7 aromatic heterocycles. The maximum absolute atomic E-state index is 5.24. The quantitative estimate of drug-likeness (QED) is 0.0580. The first-order valence-corrected chi connectivity index (χ1v) is 36.6. The van der Waals surface area contributed by atoms with Gasteiger partial charge < -0.3 is 0 Å². The fourth-order valence-corrected chi connectivity index (χ4v) is 14.5. The number of benzene rings is 6. The third-order valence-corrected chi connectivity index (χ3v) is 20.3. The van der Waals surface area contributed by atoms with E-state index in [1.165, 1.54) is 101 Å². The summed E-state index contributed by atoms with van der Waals surface area (Å²) < 4.78 is 6.90. The van der Waals surface area contributed by atoms with E-state index in [4.69, 9.17) is 29.9 Å². The average molecular weight is 1350 g/mol. The van der Waals surface area contributed by atoms with Crippen LogP contribution in [0.2, 0.25) is 0 Å². The van der Waals surface area contributed by atoms with Crippen LogP contribution < -0.4 is 0 Å². The zero-order valence-corrected chi connectivity index (χ0v) is 62.1. The molecule has 0 amide bonds. The van der Waals surface area contributed by atoms with Crippen LogP contribution >= 0.6 is 0 Å². The molecular formula is C90H96N12. The van der Waals surface area contributed by atoms with E-state index in [2.05, 4.69) is 278 Å². The van der Waals surface area contributed by atoms with Crippen molar-refractivity contribution < 1.29 is 0 Å². The van der Waals surface area contributed by atoms with E-state index in [1.807, 2.05) is 55.8 Å². The third kappa shape index (κ3) is 14.8. The van der Waals surface area contributed by atoms with Gasteiger partial charge in [0.1, 0.15) is 34.9 Å². The zero-order chi connectivity index (χ0) is 71.5. The summed E-state index contributed by atoms with van der Waals surface area (Å²) in [5.74, 6) is 6.83. The number of imidazole rings is 3. The average Bonchev–Trinajstić information content (AvgIpc) is 1.41. The Morgan fingerprint density at radius 2 is 0.510 bits per heavy atom. The number of aromatic nitrogens is 12. The SMILES string of the molecule is Cc1ccncc1-c1cc(C(C)C)c(-n2ccnc2-c2ccc(CCc3nc(CCc4ccc(-c5nccn5-c5c(C(C)C)cc(-c6cnccc6C)cc5C(C)C)cc4)nc(CCc4ccc(-c5nccn5-c5c(C(C)C)cc(-c6cnccc6C)cc5C(C)C)cc4)n3)cc2)c(C(C)C)c1. The summed E-state index contributed by atoms with van der Waals surface area (Å²) in [5, 5.41) is 0. The van der Waals surface area contributed by atoms with Gasteiger partial charge in [0.05, 0.1) is 17.1 Å². The lowest BCUT2D eigenvalue weighted by Gasteiger charge is -2.24. The van der Waals surface area contributed by atoms with Gasteiger partial charge in [0, 0.05) is 127 Å². The fraction of sp³-hybridized carbons (Fsp3) is 0.300. The first-order valence-electron chi connectivity index (χ1n) is 36.6. The van der Waals surface area contributed by atoms with Crippen molar-refractivity contribution in [3.63, 3.8) is 0 Å². The summed E-state index contributed by atoms with van der Waals surface area (Å²) in [6.07, 6.45) is 28.0. The van der Waals surface area contributed by atoms with Crippen molar-refractivity contribution in [1.82, 2.24) is 58.6 Å². The summed E-state index contributed by atoms with van der Waals surface area (Å²) in [6, 6.07) is 47.2. The van der Waals surface area contributed by atoms with E-state index >= 15 is 0 Å². The Morgan fingerprint density at radius 1 is 0.275 bits per heavy atom. The number of nitrogens with zero attached hydrogens (tertiary/aromatic N) is 12. The maximum Gasteiger partial charge on any atom is 0.144 e. The van der Waals surface area contributed by atoms with E-state index in [0.29, 0.717) is 19.3 Å². The number of aryl methyl sites for hydroxylation is 9. The predicted octanol–water partition coefficient (Wildman–Crippen LogP) is 21.6. The molecule has 0 aliphatic heterocycles. The Hall–Kier alpha value is -10.6. The molecule has 0 spiro atoms. The lowest BCUT2D eigenvalue weighted by Crippen LogP contribution is -2.11. The largest absolute Gasteiger partial charge is 0.299 e. The minimum Gasteiger partial charge on any atom is -0.299 e. The zero-order valence-electron chi connectivity index (χ0n) is 62.1. The molecule has 13 aromatic rings. The highest BCUT2D eigenvalue weighted by atomic mass is 15.1. The van der Waals surface area contributed by atoms with Crippen molar-refractivity contribution in [2.24, 2.45) is 0 Å². The summed E-state index contributed by atoms with van der Waals surface area (Å²) >= 11 is 0.